The third-order valence-corrected chi connectivity index (χ3v) is 20.1. The molecule has 0 fully saturated rings. The molecule has 0 saturated heterocycles. The van der Waals surface area contributed by atoms with E-state index in [0.29, 0.717) is 0 Å². The van der Waals surface area contributed by atoms with Crippen LogP contribution < -0.4 is 27.7 Å². The zero-order chi connectivity index (χ0) is 30.9. The van der Waals surface area contributed by atoms with Gasteiger partial charge in [0, 0.05) is 0 Å². The monoisotopic (exact) mass is 654 g/mol. The molecule has 0 aliphatic carbocycles. The van der Waals surface area contributed by atoms with E-state index in [1.165, 1.54) is 85.5 Å². The Balaban J connectivity index is 1.38. The first-order valence-electron chi connectivity index (χ1n) is 16.1. The predicted molar refractivity (Wildman–Crippen MR) is 196 cm³/mol. The first kappa shape index (κ1) is 26.2. The number of ether oxygens (including phenoxy) is 1. The van der Waals surface area contributed by atoms with Crippen molar-refractivity contribution in [3.8, 4) is 11.5 Å². The summed E-state index contributed by atoms with van der Waals surface area (Å²) in [6, 6.07) is 45.1. The average Bonchev–Trinajstić information content (AvgIpc) is 3.06. The summed E-state index contributed by atoms with van der Waals surface area (Å²) in [4.78, 5) is 5.10. The molecule has 3 heterocycles. The maximum atomic E-state index is 6.91. The Kier molecular flexibility index (Phi) is 5.16. The quantitative estimate of drug-likeness (QED) is 0.173. The third kappa shape index (κ3) is 3.18. The van der Waals surface area contributed by atoms with Crippen LogP contribution in [0, 0.1) is 20.8 Å². The fraction of sp³-hybridized carbons (Fsp3) is 0.0952. The Morgan fingerprint density at radius 2 is 0.891 bits per heavy atom. The van der Waals surface area contributed by atoms with Gasteiger partial charge in [0.25, 0.3) is 0 Å². The van der Waals surface area contributed by atoms with Crippen molar-refractivity contribution < 1.29 is 4.74 Å². The molecule has 3 nitrogen and oxygen atoms in total. The van der Waals surface area contributed by atoms with E-state index in [9.17, 15) is 0 Å². The van der Waals surface area contributed by atoms with Gasteiger partial charge < -0.3 is 0 Å². The number of benzene rings is 7. The summed E-state index contributed by atoms with van der Waals surface area (Å²) in [5, 5.41) is 5.11. The van der Waals surface area contributed by atoms with Crippen molar-refractivity contribution >= 4 is 82.1 Å². The van der Waals surface area contributed by atoms with Crippen molar-refractivity contribution in [2.24, 2.45) is 0 Å². The van der Waals surface area contributed by atoms with E-state index in [2.05, 4.69) is 158 Å². The molecule has 0 unspecified atom stereocenters. The van der Waals surface area contributed by atoms with E-state index in [4.69, 9.17) is 4.74 Å². The van der Waals surface area contributed by atoms with Gasteiger partial charge in [-0.05, 0) is 0 Å². The summed E-state index contributed by atoms with van der Waals surface area (Å²) in [7, 11) is 0. The number of nitrogens with zero attached hydrogens (tertiary/aromatic N) is 2. The van der Waals surface area contributed by atoms with Crippen LogP contribution in [0.15, 0.2) is 121 Å². The van der Waals surface area contributed by atoms with E-state index < -0.39 is 13.3 Å². The van der Waals surface area contributed by atoms with Crippen molar-refractivity contribution in [2.45, 2.75) is 26.5 Å². The van der Waals surface area contributed by atoms with Crippen LogP contribution in [0.4, 0.5) is 34.1 Å². The van der Waals surface area contributed by atoms with E-state index in [-0.39, 0.29) is 0 Å². The third-order valence-electron chi connectivity index (χ3n) is 10.7. The molecule has 3 aliphatic rings. The molecule has 7 aromatic rings. The van der Waals surface area contributed by atoms with Crippen molar-refractivity contribution in [3.05, 3.63) is 138 Å². The molecule has 46 heavy (non-hydrogen) atoms. The Bertz CT molecular complexity index is 2320. The summed E-state index contributed by atoms with van der Waals surface area (Å²) >= 11 is -3.29. The zero-order valence-electron chi connectivity index (χ0n) is 26.3. The van der Waals surface area contributed by atoms with Crippen LogP contribution in [0.1, 0.15) is 16.7 Å². The summed E-state index contributed by atoms with van der Waals surface area (Å²) in [5.41, 5.74) is 11.4. The molecular weight excluding hydrogens is 621 g/mol. The SMILES string of the molecule is Cc1cc2[c]3c(c1)N(c1ccc(C)c4ccccc14)c1cccc4[c]1[Ge]3([CH3])[c]1c(cccc1N2c1ccc(C)c2ccccc12)O4. The van der Waals surface area contributed by atoms with Crippen molar-refractivity contribution in [2.75, 3.05) is 9.80 Å². The molecule has 0 N–H and O–H groups in total. The van der Waals surface area contributed by atoms with Gasteiger partial charge in [0.1, 0.15) is 0 Å². The molecule has 3 aliphatic heterocycles. The van der Waals surface area contributed by atoms with Crippen LogP contribution in [0.25, 0.3) is 21.5 Å². The molecule has 10 rings (SSSR count). The Morgan fingerprint density at radius 3 is 1.37 bits per heavy atom. The van der Waals surface area contributed by atoms with E-state index in [0.717, 1.165) is 11.5 Å². The number of aryl methyl sites for hydroxylation is 3. The second kappa shape index (κ2) is 9.05. The van der Waals surface area contributed by atoms with Crippen molar-refractivity contribution in [3.63, 3.8) is 0 Å². The second-order valence-electron chi connectivity index (χ2n) is 13.3. The Hall–Kier alpha value is -5.00. The number of hydrogen-bond acceptors (Lipinski definition) is 3. The Morgan fingerprint density at radius 1 is 0.435 bits per heavy atom. The molecule has 0 aromatic heterocycles. The summed E-state index contributed by atoms with van der Waals surface area (Å²) in [6.07, 6.45) is 0. The van der Waals surface area contributed by atoms with Crippen LogP contribution in [0.2, 0.25) is 5.76 Å². The topological polar surface area (TPSA) is 15.7 Å². The molecule has 220 valence electrons. The van der Waals surface area contributed by atoms with Crippen LogP contribution in [-0.4, -0.2) is 13.3 Å². The van der Waals surface area contributed by atoms with Crippen LogP contribution in [0.5, 0.6) is 11.5 Å². The van der Waals surface area contributed by atoms with Crippen LogP contribution in [-0.2, 0) is 0 Å². The van der Waals surface area contributed by atoms with E-state index in [1.54, 1.807) is 0 Å². The minimum atomic E-state index is -3.29. The zero-order valence-corrected chi connectivity index (χ0v) is 28.4. The van der Waals surface area contributed by atoms with Gasteiger partial charge in [-0.3, -0.25) is 0 Å². The molecule has 0 bridgehead atoms. The van der Waals surface area contributed by atoms with E-state index in [1.807, 2.05) is 0 Å². The van der Waals surface area contributed by atoms with Gasteiger partial charge in [-0.25, -0.2) is 0 Å². The molecule has 0 radical (unpaired) electrons. The molecule has 0 atom stereocenters. The Labute approximate surface area is 271 Å². The first-order chi connectivity index (χ1) is 22.4. The van der Waals surface area contributed by atoms with E-state index >= 15 is 0 Å². The molecule has 4 heteroatoms. The van der Waals surface area contributed by atoms with Crippen LogP contribution in [0.3, 0.4) is 0 Å². The minimum absolute atomic E-state index is 1.01. The fourth-order valence-electron chi connectivity index (χ4n) is 8.73. The predicted octanol–water partition coefficient (Wildman–Crippen LogP) is 9.69. The van der Waals surface area contributed by atoms with Gasteiger partial charge in [0.15, 0.2) is 0 Å². The van der Waals surface area contributed by atoms with Gasteiger partial charge in [0.05, 0.1) is 0 Å². The average molecular weight is 653 g/mol. The fourth-order valence-corrected chi connectivity index (χ4v) is 18.8. The normalized spacial score (nSPS) is 14.8. The molecule has 0 spiro atoms. The number of anilines is 6. The summed E-state index contributed by atoms with van der Waals surface area (Å²) in [6.45, 7) is 6.68. The number of hydrogen-bond donors (Lipinski definition) is 0. The summed E-state index contributed by atoms with van der Waals surface area (Å²) < 4.78 is 11.2. The van der Waals surface area contributed by atoms with Crippen molar-refractivity contribution in [1.29, 1.82) is 0 Å². The summed E-state index contributed by atoms with van der Waals surface area (Å²) in [5.74, 6) is 4.63. The molecule has 0 amide bonds. The molecular formula is C42H32GeN2O. The number of fused-ring (bicyclic) bond motifs is 2. The standard InChI is InChI=1S/C42H32GeN2O/c1-25-23-36-40-37(24-25)45(33-22-20-27(3)29-12-6-8-14-31(29)33)35-16-10-18-39-42(35)43(40,4)41-34(15-9-17-38(41)46-39)44(36)32-21-19-26(2)28-11-5-7-13-30(28)32/h5-24H,1-4H3. The number of rotatable bonds is 2. The van der Waals surface area contributed by atoms with Gasteiger partial charge in [-0.2, -0.15) is 0 Å². The van der Waals surface area contributed by atoms with Crippen LogP contribution >= 0.6 is 0 Å². The second-order valence-corrected chi connectivity index (χ2v) is 21.1. The first-order valence-corrected chi connectivity index (χ1v) is 21.4. The van der Waals surface area contributed by atoms with Crippen molar-refractivity contribution in [1.82, 2.24) is 0 Å². The molecule has 7 aromatic carbocycles. The molecule has 0 saturated carbocycles. The van der Waals surface area contributed by atoms with Gasteiger partial charge in [0.2, 0.25) is 0 Å². The van der Waals surface area contributed by atoms with Gasteiger partial charge >= 0.3 is 273 Å². The maximum absolute atomic E-state index is 6.91. The van der Waals surface area contributed by atoms with Gasteiger partial charge in [-0.1, -0.05) is 0 Å². The van der Waals surface area contributed by atoms with Gasteiger partial charge in [-0.15, -0.1) is 0 Å².